The molecule has 2 fully saturated rings. The maximum Gasteiger partial charge on any atom is 0.252 e. The van der Waals surface area contributed by atoms with Crippen molar-refractivity contribution in [2.24, 2.45) is 5.41 Å². The van der Waals surface area contributed by atoms with Gasteiger partial charge in [-0.25, -0.2) is 9.97 Å². The molecule has 42 heavy (non-hydrogen) atoms. The molecule has 8 nitrogen and oxygen atoms in total. The van der Waals surface area contributed by atoms with E-state index in [1.165, 1.54) is 24.0 Å². The van der Waals surface area contributed by atoms with E-state index in [4.69, 9.17) is 0 Å². The summed E-state index contributed by atoms with van der Waals surface area (Å²) >= 11 is 1.59. The molecule has 0 radical (unpaired) electrons. The SMILES string of the molecule is CSc1cc(CN2CCC(C)(C)CC2)ccc1C(=O)NC[C@]1(O)CCCN(c2cc(NCc3ccccc3)ncn2)C1. The average Bonchev–Trinajstić information content (AvgIpc) is 3.00. The van der Waals surface area contributed by atoms with Gasteiger partial charge in [-0.1, -0.05) is 50.2 Å². The molecule has 3 aromatic rings. The Morgan fingerprint density at radius 3 is 2.55 bits per heavy atom. The van der Waals surface area contributed by atoms with E-state index in [0.29, 0.717) is 30.5 Å². The van der Waals surface area contributed by atoms with E-state index in [2.05, 4.69) is 68.5 Å². The molecule has 2 aromatic carbocycles. The summed E-state index contributed by atoms with van der Waals surface area (Å²) in [6.07, 6.45) is 7.42. The van der Waals surface area contributed by atoms with Crippen LogP contribution in [0, 0.1) is 5.41 Å². The van der Waals surface area contributed by atoms with E-state index in [0.717, 1.165) is 49.1 Å². The molecule has 0 saturated carbocycles. The Morgan fingerprint density at radius 1 is 1.00 bits per heavy atom. The second kappa shape index (κ2) is 13.4. The quantitative estimate of drug-likeness (QED) is 0.279. The van der Waals surface area contributed by atoms with Crippen molar-refractivity contribution in [2.45, 2.75) is 63.1 Å². The molecule has 1 atom stereocenters. The van der Waals surface area contributed by atoms with Gasteiger partial charge in [0.15, 0.2) is 0 Å². The van der Waals surface area contributed by atoms with Gasteiger partial charge in [-0.3, -0.25) is 9.69 Å². The van der Waals surface area contributed by atoms with Crippen LogP contribution in [-0.4, -0.2) is 70.5 Å². The van der Waals surface area contributed by atoms with Crippen molar-refractivity contribution in [1.29, 1.82) is 0 Å². The topological polar surface area (TPSA) is 93.6 Å². The zero-order valence-corrected chi connectivity index (χ0v) is 25.9. The van der Waals surface area contributed by atoms with Crippen molar-refractivity contribution in [3.8, 4) is 0 Å². The fourth-order valence-corrected chi connectivity index (χ4v) is 6.44. The molecule has 2 aliphatic rings. The molecule has 2 saturated heterocycles. The summed E-state index contributed by atoms with van der Waals surface area (Å²) in [5.74, 6) is 1.36. The van der Waals surface area contributed by atoms with E-state index in [1.807, 2.05) is 36.6 Å². The fraction of sp³-hybridized carbons (Fsp3) is 0.485. The summed E-state index contributed by atoms with van der Waals surface area (Å²) in [5, 5.41) is 17.9. The molecule has 2 aliphatic heterocycles. The third-order valence-electron chi connectivity index (χ3n) is 8.55. The van der Waals surface area contributed by atoms with Gasteiger partial charge < -0.3 is 20.6 Å². The predicted molar refractivity (Wildman–Crippen MR) is 171 cm³/mol. The molecule has 1 amide bonds. The minimum atomic E-state index is -1.04. The van der Waals surface area contributed by atoms with E-state index in [1.54, 1.807) is 18.1 Å². The Morgan fingerprint density at radius 2 is 1.79 bits per heavy atom. The highest BCUT2D eigenvalue weighted by atomic mass is 32.2. The van der Waals surface area contributed by atoms with Crippen molar-refractivity contribution >= 4 is 29.3 Å². The van der Waals surface area contributed by atoms with Crippen molar-refractivity contribution in [3.05, 3.63) is 77.6 Å². The number of piperidine rings is 2. The Kier molecular flexibility index (Phi) is 9.70. The minimum absolute atomic E-state index is 0.148. The van der Waals surface area contributed by atoms with Gasteiger partial charge in [-0.05, 0) is 73.7 Å². The summed E-state index contributed by atoms with van der Waals surface area (Å²) in [6, 6.07) is 18.3. The molecule has 3 heterocycles. The fourth-order valence-electron chi connectivity index (χ4n) is 5.79. The number of likely N-dealkylation sites (tertiary alicyclic amines) is 1. The number of thioether (sulfide) groups is 1. The van der Waals surface area contributed by atoms with Gasteiger partial charge in [0.2, 0.25) is 0 Å². The first-order valence-electron chi connectivity index (χ1n) is 15.0. The summed E-state index contributed by atoms with van der Waals surface area (Å²) in [5.41, 5.74) is 2.45. The number of rotatable bonds is 10. The third-order valence-corrected chi connectivity index (χ3v) is 9.33. The van der Waals surface area contributed by atoms with Crippen LogP contribution in [0.25, 0.3) is 0 Å². The number of carbonyl (C=O) groups excluding carboxylic acids is 1. The highest BCUT2D eigenvalue weighted by Gasteiger charge is 2.34. The first-order valence-corrected chi connectivity index (χ1v) is 16.2. The molecule has 1 aromatic heterocycles. The molecular weight excluding hydrogens is 544 g/mol. The number of aromatic nitrogens is 2. The number of benzene rings is 2. The number of nitrogens with zero attached hydrogens (tertiary/aromatic N) is 4. The molecule has 0 bridgehead atoms. The Bertz CT molecular complexity index is 1340. The Labute approximate surface area is 254 Å². The number of hydrogen-bond donors (Lipinski definition) is 3. The summed E-state index contributed by atoms with van der Waals surface area (Å²) < 4.78 is 0. The van der Waals surface area contributed by atoms with Gasteiger partial charge >= 0.3 is 0 Å². The van der Waals surface area contributed by atoms with Crippen molar-refractivity contribution in [3.63, 3.8) is 0 Å². The summed E-state index contributed by atoms with van der Waals surface area (Å²) in [4.78, 5) is 27.7. The lowest BCUT2D eigenvalue weighted by Crippen LogP contribution is -2.54. The lowest BCUT2D eigenvalue weighted by molar-refractivity contribution is 0.0254. The largest absolute Gasteiger partial charge is 0.386 e. The first kappa shape index (κ1) is 30.3. The third kappa shape index (κ3) is 8.02. The van der Waals surface area contributed by atoms with E-state index < -0.39 is 5.60 Å². The zero-order valence-electron chi connectivity index (χ0n) is 25.1. The van der Waals surface area contributed by atoms with E-state index in [-0.39, 0.29) is 12.5 Å². The first-order chi connectivity index (χ1) is 20.2. The number of aliphatic hydroxyl groups is 1. The Balaban J connectivity index is 1.17. The van der Waals surface area contributed by atoms with Gasteiger partial charge in [-0.2, -0.15) is 0 Å². The van der Waals surface area contributed by atoms with Crippen molar-refractivity contribution < 1.29 is 9.90 Å². The molecular formula is C33H44N6O2S. The van der Waals surface area contributed by atoms with E-state index >= 15 is 0 Å². The van der Waals surface area contributed by atoms with Gasteiger partial charge in [0, 0.05) is 43.7 Å². The average molecular weight is 589 g/mol. The predicted octanol–water partition coefficient (Wildman–Crippen LogP) is 5.19. The maximum atomic E-state index is 13.3. The lowest BCUT2D eigenvalue weighted by atomic mass is 9.82. The van der Waals surface area contributed by atoms with Crippen LogP contribution < -0.4 is 15.5 Å². The molecule has 3 N–H and O–H groups in total. The van der Waals surface area contributed by atoms with Crippen molar-refractivity contribution in [1.82, 2.24) is 20.2 Å². The van der Waals surface area contributed by atoms with Gasteiger partial charge in [0.25, 0.3) is 5.91 Å². The van der Waals surface area contributed by atoms with Crippen LogP contribution in [0.4, 0.5) is 11.6 Å². The van der Waals surface area contributed by atoms with Gasteiger partial charge in [-0.15, -0.1) is 11.8 Å². The zero-order chi connectivity index (χ0) is 29.6. The second-order valence-electron chi connectivity index (χ2n) is 12.5. The standard InChI is InChI=1S/C33H44N6O2S/c1-32(2)13-16-38(17-14-32)21-26-10-11-27(28(18-26)42-3)31(40)35-22-33(41)12-7-15-39(23-33)30-19-29(36-24-37-30)34-20-25-8-5-4-6-9-25/h4-6,8-11,18-19,24,41H,7,12-17,20-23H2,1-3H3,(H,35,40)(H,34,36,37)/t33-/m1/s1. The number of β-amino-alcohol motifs (C(OH)–C–C–N with tert-alkyl or cyclic N) is 1. The minimum Gasteiger partial charge on any atom is -0.386 e. The summed E-state index contributed by atoms with van der Waals surface area (Å²) in [7, 11) is 0. The van der Waals surface area contributed by atoms with Crippen molar-refractivity contribution in [2.75, 3.05) is 49.2 Å². The lowest BCUT2D eigenvalue weighted by Gasteiger charge is -2.40. The van der Waals surface area contributed by atoms with Crippen LogP contribution in [0.15, 0.2) is 65.8 Å². The molecule has 224 valence electrons. The molecule has 0 spiro atoms. The normalized spacial score (nSPS) is 20.7. The number of carbonyl (C=O) groups is 1. The Hall–Kier alpha value is -3.14. The number of anilines is 2. The van der Waals surface area contributed by atoms with Crippen LogP contribution in [0.3, 0.4) is 0 Å². The van der Waals surface area contributed by atoms with Crippen LogP contribution in [0.1, 0.15) is 61.0 Å². The smallest absolute Gasteiger partial charge is 0.252 e. The number of hydrogen-bond acceptors (Lipinski definition) is 8. The van der Waals surface area contributed by atoms with Crippen LogP contribution in [-0.2, 0) is 13.1 Å². The summed E-state index contributed by atoms with van der Waals surface area (Å²) in [6.45, 7) is 9.87. The van der Waals surface area contributed by atoms with Gasteiger partial charge in [0.1, 0.15) is 18.0 Å². The highest BCUT2D eigenvalue weighted by Crippen LogP contribution is 2.31. The van der Waals surface area contributed by atoms with Crippen LogP contribution >= 0.6 is 11.8 Å². The number of amides is 1. The second-order valence-corrected chi connectivity index (χ2v) is 13.4. The molecule has 9 heteroatoms. The van der Waals surface area contributed by atoms with Crippen LogP contribution in [0.2, 0.25) is 0 Å². The molecule has 0 aliphatic carbocycles. The maximum absolute atomic E-state index is 13.3. The highest BCUT2D eigenvalue weighted by molar-refractivity contribution is 7.98. The molecule has 0 unspecified atom stereocenters. The monoisotopic (exact) mass is 588 g/mol. The number of nitrogens with one attached hydrogen (secondary N) is 2. The van der Waals surface area contributed by atoms with Crippen LogP contribution in [0.5, 0.6) is 0 Å². The van der Waals surface area contributed by atoms with E-state index in [9.17, 15) is 9.90 Å². The molecule has 5 rings (SSSR count). The van der Waals surface area contributed by atoms with Gasteiger partial charge in [0.05, 0.1) is 11.2 Å².